The summed E-state index contributed by atoms with van der Waals surface area (Å²) in [6.07, 6.45) is 1.79. The van der Waals surface area contributed by atoms with Gasteiger partial charge in [0.2, 0.25) is 5.91 Å². The predicted molar refractivity (Wildman–Crippen MR) is 88.6 cm³/mol. The van der Waals surface area contributed by atoms with Crippen LogP contribution in [-0.4, -0.2) is 26.5 Å². The fourth-order valence-corrected chi connectivity index (χ4v) is 3.19. The second kappa shape index (κ2) is 6.32. The standard InChI is InChI=1S/C16H15FN2O5S/c1-25(22,23)8-10-3-4-14(24-10)16(21)19-13-6-9-2-5-15(20)18-12(9)7-11(13)17/h3-4,6-7H,2,5,8H2,1H3,(H,18,20)(H,19,21). The molecule has 25 heavy (non-hydrogen) atoms. The molecule has 0 spiro atoms. The summed E-state index contributed by atoms with van der Waals surface area (Å²) >= 11 is 0. The first-order chi connectivity index (χ1) is 11.7. The lowest BCUT2D eigenvalue weighted by Crippen LogP contribution is -2.20. The number of sulfone groups is 1. The second-order valence-electron chi connectivity index (χ2n) is 5.83. The van der Waals surface area contributed by atoms with Gasteiger partial charge in [-0.1, -0.05) is 0 Å². The minimum Gasteiger partial charge on any atom is -0.455 e. The van der Waals surface area contributed by atoms with E-state index in [1.165, 1.54) is 18.2 Å². The number of hydrogen-bond acceptors (Lipinski definition) is 5. The molecule has 1 aromatic carbocycles. The van der Waals surface area contributed by atoms with Crippen molar-refractivity contribution in [2.45, 2.75) is 18.6 Å². The lowest BCUT2D eigenvalue weighted by Gasteiger charge is -2.18. The van der Waals surface area contributed by atoms with Crippen LogP contribution in [0, 0.1) is 5.82 Å². The summed E-state index contributed by atoms with van der Waals surface area (Å²) in [5.41, 5.74) is 1.06. The Hall–Kier alpha value is -2.68. The summed E-state index contributed by atoms with van der Waals surface area (Å²) in [5.74, 6) is -1.90. The molecule has 9 heteroatoms. The molecular weight excluding hydrogens is 351 g/mol. The first-order valence-corrected chi connectivity index (χ1v) is 9.47. The maximum absolute atomic E-state index is 14.1. The number of carbonyl (C=O) groups is 2. The molecule has 0 bridgehead atoms. The Balaban J connectivity index is 1.78. The number of amides is 2. The van der Waals surface area contributed by atoms with Crippen molar-refractivity contribution in [1.82, 2.24) is 0 Å². The summed E-state index contributed by atoms with van der Waals surface area (Å²) in [6.45, 7) is 0. The third-order valence-electron chi connectivity index (χ3n) is 3.63. The van der Waals surface area contributed by atoms with Crippen LogP contribution in [0.4, 0.5) is 15.8 Å². The summed E-state index contributed by atoms with van der Waals surface area (Å²) in [7, 11) is -3.29. The van der Waals surface area contributed by atoms with Crippen molar-refractivity contribution in [2.24, 2.45) is 0 Å². The highest BCUT2D eigenvalue weighted by molar-refractivity contribution is 7.89. The second-order valence-corrected chi connectivity index (χ2v) is 7.97. The number of aryl methyl sites for hydroxylation is 1. The molecule has 0 fully saturated rings. The normalized spacial score (nSPS) is 13.9. The van der Waals surface area contributed by atoms with E-state index in [2.05, 4.69) is 10.6 Å². The molecule has 0 radical (unpaired) electrons. The van der Waals surface area contributed by atoms with Gasteiger partial charge in [-0.2, -0.15) is 0 Å². The Labute approximate surface area is 143 Å². The van der Waals surface area contributed by atoms with Crippen LogP contribution in [0.2, 0.25) is 0 Å². The van der Waals surface area contributed by atoms with Crippen LogP contribution in [-0.2, 0) is 26.8 Å². The fourth-order valence-electron chi connectivity index (χ4n) is 2.52. The van der Waals surface area contributed by atoms with Crippen LogP contribution >= 0.6 is 0 Å². The molecule has 2 heterocycles. The van der Waals surface area contributed by atoms with Crippen LogP contribution in [0.5, 0.6) is 0 Å². The van der Waals surface area contributed by atoms with Crippen molar-refractivity contribution in [3.63, 3.8) is 0 Å². The van der Waals surface area contributed by atoms with Gasteiger partial charge >= 0.3 is 0 Å². The zero-order valence-corrected chi connectivity index (χ0v) is 14.1. The quantitative estimate of drug-likeness (QED) is 0.862. The van der Waals surface area contributed by atoms with Crippen molar-refractivity contribution >= 4 is 33.0 Å². The molecule has 0 unspecified atom stereocenters. The number of fused-ring (bicyclic) bond motifs is 1. The van der Waals surface area contributed by atoms with Crippen LogP contribution in [0.1, 0.15) is 28.3 Å². The Bertz CT molecular complexity index is 965. The highest BCUT2D eigenvalue weighted by Crippen LogP contribution is 2.28. The number of nitrogens with one attached hydrogen (secondary N) is 2. The SMILES string of the molecule is CS(=O)(=O)Cc1ccc(C(=O)Nc2cc3c(cc2F)NC(=O)CC3)o1. The Morgan fingerprint density at radius 3 is 2.80 bits per heavy atom. The van der Waals surface area contributed by atoms with Crippen LogP contribution in [0.25, 0.3) is 0 Å². The number of carbonyl (C=O) groups excluding carboxylic acids is 2. The average Bonchev–Trinajstić information content (AvgIpc) is 2.94. The molecule has 0 saturated carbocycles. The van der Waals surface area contributed by atoms with Gasteiger partial charge in [0, 0.05) is 18.4 Å². The van der Waals surface area contributed by atoms with Crippen molar-refractivity contribution in [3.05, 3.63) is 47.2 Å². The van der Waals surface area contributed by atoms with E-state index in [9.17, 15) is 22.4 Å². The van der Waals surface area contributed by atoms with Crippen molar-refractivity contribution < 1.29 is 26.8 Å². The lowest BCUT2D eigenvalue weighted by atomic mass is 10.0. The lowest BCUT2D eigenvalue weighted by molar-refractivity contribution is -0.116. The Morgan fingerprint density at radius 1 is 1.32 bits per heavy atom. The summed E-state index contributed by atoms with van der Waals surface area (Å²) in [4.78, 5) is 23.5. The maximum atomic E-state index is 14.1. The average molecular weight is 366 g/mol. The van der Waals surface area contributed by atoms with E-state index in [1.807, 2.05) is 0 Å². The van der Waals surface area contributed by atoms with Gasteiger partial charge in [-0.15, -0.1) is 0 Å². The van der Waals surface area contributed by atoms with Gasteiger partial charge in [0.25, 0.3) is 5.91 Å². The van der Waals surface area contributed by atoms with Gasteiger partial charge in [-0.3, -0.25) is 9.59 Å². The first-order valence-electron chi connectivity index (χ1n) is 7.41. The molecule has 2 amide bonds. The first kappa shape index (κ1) is 17.2. The predicted octanol–water partition coefficient (Wildman–Crippen LogP) is 2.10. The largest absolute Gasteiger partial charge is 0.455 e. The van der Waals surface area contributed by atoms with Crippen molar-refractivity contribution in [2.75, 3.05) is 16.9 Å². The van der Waals surface area contributed by atoms with E-state index in [-0.39, 0.29) is 28.9 Å². The molecule has 1 aliphatic rings. The van der Waals surface area contributed by atoms with Crippen LogP contribution < -0.4 is 10.6 Å². The van der Waals surface area contributed by atoms with Crippen LogP contribution in [0.3, 0.4) is 0 Å². The van der Waals surface area contributed by atoms with Crippen molar-refractivity contribution in [3.8, 4) is 0 Å². The van der Waals surface area contributed by atoms with Gasteiger partial charge in [-0.05, 0) is 36.2 Å². The zero-order chi connectivity index (χ0) is 18.2. The number of halogens is 1. The van der Waals surface area contributed by atoms with Crippen molar-refractivity contribution in [1.29, 1.82) is 0 Å². The summed E-state index contributed by atoms with van der Waals surface area (Å²) in [6, 6.07) is 5.32. The molecule has 2 N–H and O–H groups in total. The minimum absolute atomic E-state index is 0.0408. The molecule has 0 atom stereocenters. The molecular formula is C16H15FN2O5S. The van der Waals surface area contributed by atoms with Gasteiger partial charge in [0.05, 0.1) is 5.69 Å². The highest BCUT2D eigenvalue weighted by Gasteiger charge is 2.20. The van der Waals surface area contributed by atoms with Gasteiger partial charge in [-0.25, -0.2) is 12.8 Å². The minimum atomic E-state index is -3.29. The molecule has 0 aliphatic carbocycles. The number of hydrogen-bond donors (Lipinski definition) is 2. The van der Waals surface area contributed by atoms with E-state index in [0.29, 0.717) is 24.1 Å². The van der Waals surface area contributed by atoms with E-state index in [4.69, 9.17) is 4.42 Å². The van der Waals surface area contributed by atoms with E-state index in [1.54, 1.807) is 0 Å². The van der Waals surface area contributed by atoms with E-state index < -0.39 is 21.6 Å². The maximum Gasteiger partial charge on any atom is 0.291 e. The molecule has 3 rings (SSSR count). The van der Waals surface area contributed by atoms with Gasteiger partial charge < -0.3 is 15.1 Å². The molecule has 1 aromatic heterocycles. The Kier molecular flexibility index (Phi) is 4.34. The Morgan fingerprint density at radius 2 is 2.08 bits per heavy atom. The number of rotatable bonds is 4. The van der Waals surface area contributed by atoms with Gasteiger partial charge in [0.15, 0.2) is 15.6 Å². The number of benzene rings is 1. The third kappa shape index (κ3) is 4.05. The summed E-state index contributed by atoms with van der Waals surface area (Å²) in [5, 5.41) is 4.97. The fraction of sp³-hybridized carbons (Fsp3) is 0.250. The number of furan rings is 1. The monoisotopic (exact) mass is 366 g/mol. The van der Waals surface area contributed by atoms with E-state index in [0.717, 1.165) is 12.3 Å². The smallest absolute Gasteiger partial charge is 0.291 e. The topological polar surface area (TPSA) is 105 Å². The van der Waals surface area contributed by atoms with Crippen LogP contribution in [0.15, 0.2) is 28.7 Å². The molecule has 1 aliphatic heterocycles. The van der Waals surface area contributed by atoms with Gasteiger partial charge in [0.1, 0.15) is 17.3 Å². The summed E-state index contributed by atoms with van der Waals surface area (Å²) < 4.78 is 41.8. The van der Waals surface area contributed by atoms with E-state index >= 15 is 0 Å². The molecule has 0 saturated heterocycles. The molecule has 132 valence electrons. The molecule has 2 aromatic rings. The number of anilines is 2. The highest BCUT2D eigenvalue weighted by atomic mass is 32.2. The molecule has 7 nitrogen and oxygen atoms in total. The third-order valence-corrected chi connectivity index (χ3v) is 4.44. The zero-order valence-electron chi connectivity index (χ0n) is 13.3.